The molecule has 8 heteroatoms. The highest BCUT2D eigenvalue weighted by Crippen LogP contribution is 2.31. The zero-order chi connectivity index (χ0) is 22.8. The van der Waals surface area contributed by atoms with E-state index in [1.807, 2.05) is 42.0 Å². The Kier molecular flexibility index (Phi) is 6.21. The molecule has 1 saturated heterocycles. The van der Waals surface area contributed by atoms with Crippen LogP contribution in [0.2, 0.25) is 0 Å². The zero-order valence-corrected chi connectivity index (χ0v) is 18.3. The lowest BCUT2D eigenvalue weighted by molar-refractivity contribution is 0.0670. The Morgan fingerprint density at radius 1 is 1.34 bits per heavy atom. The molecule has 3 heterocycles. The molecule has 1 N–H and O–H groups in total. The Balaban J connectivity index is 1.59. The number of aliphatic imine (C=N–C) groups is 1. The van der Waals surface area contributed by atoms with Gasteiger partial charge < -0.3 is 15.1 Å². The first-order chi connectivity index (χ1) is 15.4. The summed E-state index contributed by atoms with van der Waals surface area (Å²) in [6.45, 7) is 6.67. The number of nitrogens with zero attached hydrogens (tertiary/aromatic N) is 4. The van der Waals surface area contributed by atoms with E-state index in [0.29, 0.717) is 18.7 Å². The molecule has 2 atom stereocenters. The number of piperidine rings is 1. The van der Waals surface area contributed by atoms with E-state index in [9.17, 15) is 13.6 Å². The van der Waals surface area contributed by atoms with Crippen LogP contribution in [0.4, 0.5) is 8.78 Å². The predicted molar refractivity (Wildman–Crippen MR) is 122 cm³/mol. The minimum Gasteiger partial charge on any atom is -0.354 e. The molecular weight excluding hydrogens is 412 g/mol. The van der Waals surface area contributed by atoms with Crippen molar-refractivity contribution in [1.82, 2.24) is 20.1 Å². The summed E-state index contributed by atoms with van der Waals surface area (Å²) in [5, 5.41) is 4.87. The fourth-order valence-corrected chi connectivity index (χ4v) is 4.49. The van der Waals surface area contributed by atoms with Crippen LogP contribution < -0.4 is 5.32 Å². The molecule has 0 radical (unpaired) electrons. The van der Waals surface area contributed by atoms with Crippen molar-refractivity contribution in [3.05, 3.63) is 66.3 Å². The Labute approximate surface area is 186 Å². The average Bonchev–Trinajstić information content (AvgIpc) is 2.79. The normalized spacial score (nSPS) is 21.4. The molecule has 0 saturated carbocycles. The van der Waals surface area contributed by atoms with Crippen LogP contribution in [0.1, 0.15) is 28.8 Å². The maximum Gasteiger partial charge on any atom is 0.280 e. The lowest BCUT2D eigenvalue weighted by atomic mass is 9.91. The first-order valence-corrected chi connectivity index (χ1v) is 10.7. The maximum atomic E-state index is 13.5. The molecule has 32 heavy (non-hydrogen) atoms. The average molecular weight is 440 g/mol. The summed E-state index contributed by atoms with van der Waals surface area (Å²) in [7, 11) is 1.82. The molecule has 0 aliphatic carbocycles. The van der Waals surface area contributed by atoms with Gasteiger partial charge in [-0.2, -0.15) is 0 Å². The third-order valence-corrected chi connectivity index (χ3v) is 6.17. The number of likely N-dealkylation sites (tertiary alicyclic amines) is 1. The number of allylic oxidation sites excluding steroid dienone is 1. The van der Waals surface area contributed by atoms with Crippen LogP contribution in [0, 0.1) is 12.8 Å². The smallest absolute Gasteiger partial charge is 0.280 e. The lowest BCUT2D eigenvalue weighted by Crippen LogP contribution is -2.48. The summed E-state index contributed by atoms with van der Waals surface area (Å²) < 4.78 is 27.0. The van der Waals surface area contributed by atoms with E-state index in [2.05, 4.69) is 21.9 Å². The Hall–Kier alpha value is -3.29. The fraction of sp³-hybridized carbons (Fsp3) is 0.375. The van der Waals surface area contributed by atoms with E-state index in [1.165, 1.54) is 12.3 Å². The van der Waals surface area contributed by atoms with Gasteiger partial charge >= 0.3 is 0 Å². The van der Waals surface area contributed by atoms with Crippen molar-refractivity contribution in [1.29, 1.82) is 0 Å². The number of alkyl halides is 2. The number of carbonyl (C=O) groups excluding carboxylic acids is 1. The van der Waals surface area contributed by atoms with Crippen molar-refractivity contribution in [2.75, 3.05) is 20.1 Å². The van der Waals surface area contributed by atoms with Gasteiger partial charge in [0.15, 0.2) is 6.29 Å². The topological polar surface area (TPSA) is 60.8 Å². The van der Waals surface area contributed by atoms with E-state index in [-0.39, 0.29) is 17.5 Å². The molecule has 1 aromatic carbocycles. The van der Waals surface area contributed by atoms with E-state index in [0.717, 1.165) is 34.9 Å². The van der Waals surface area contributed by atoms with Crippen molar-refractivity contribution < 1.29 is 13.6 Å². The summed E-state index contributed by atoms with van der Waals surface area (Å²) in [5.74, 6) is -0.0981. The number of nitrogens with one attached hydrogen (secondary N) is 1. The van der Waals surface area contributed by atoms with Gasteiger partial charge in [0, 0.05) is 55.1 Å². The highest BCUT2D eigenvalue weighted by atomic mass is 19.3. The number of fused-ring (bicyclic) bond motifs is 1. The number of amides is 1. The number of aromatic nitrogens is 1. The third-order valence-electron chi connectivity index (χ3n) is 6.17. The molecule has 0 spiro atoms. The second-order valence-electron chi connectivity index (χ2n) is 8.26. The van der Waals surface area contributed by atoms with Crippen LogP contribution in [0.25, 0.3) is 10.8 Å². The Morgan fingerprint density at radius 3 is 2.91 bits per heavy atom. The molecule has 2 aliphatic heterocycles. The van der Waals surface area contributed by atoms with Crippen LogP contribution >= 0.6 is 0 Å². The monoisotopic (exact) mass is 439 g/mol. The van der Waals surface area contributed by atoms with Crippen molar-refractivity contribution in [2.45, 2.75) is 32.5 Å². The number of pyridine rings is 1. The molecule has 2 aliphatic rings. The standard InChI is InChI=1S/C24H27F2N5O/c1-4-28-24-29-20(22(25)26)12-21(30(24)3)17-6-5-9-31(14-17)23(32)19-11-18-13-27-8-7-16(18)10-15(19)2/h4,7-8,10-13,17,22,24,28H,1,5-6,9,14H2,2-3H3/t17-,24?/m0/s1. The van der Waals surface area contributed by atoms with E-state index in [4.69, 9.17) is 0 Å². The molecule has 1 amide bonds. The molecule has 168 valence electrons. The zero-order valence-electron chi connectivity index (χ0n) is 18.3. The summed E-state index contributed by atoms with van der Waals surface area (Å²) in [4.78, 5) is 25.3. The number of carbonyl (C=O) groups is 1. The summed E-state index contributed by atoms with van der Waals surface area (Å²) in [6, 6.07) is 5.82. The molecule has 4 rings (SSSR count). The molecule has 6 nitrogen and oxygen atoms in total. The highest BCUT2D eigenvalue weighted by molar-refractivity contribution is 6.00. The molecule has 0 bridgehead atoms. The number of aryl methyl sites for hydroxylation is 1. The summed E-state index contributed by atoms with van der Waals surface area (Å²) in [6.07, 6.45) is 4.72. The highest BCUT2D eigenvalue weighted by Gasteiger charge is 2.33. The SMILES string of the molecule is C=CNC1N=C(C(F)F)C=C([C@H]2CCCN(C(=O)c3cc4cnccc4cc3C)C2)N1C. The van der Waals surface area contributed by atoms with Gasteiger partial charge in [-0.15, -0.1) is 0 Å². The number of hydrogen-bond donors (Lipinski definition) is 1. The molecule has 1 aromatic heterocycles. The first-order valence-electron chi connectivity index (χ1n) is 10.7. The second kappa shape index (κ2) is 9.06. The third kappa shape index (κ3) is 4.22. The van der Waals surface area contributed by atoms with Gasteiger partial charge in [0.05, 0.1) is 0 Å². The number of rotatable bonds is 5. The summed E-state index contributed by atoms with van der Waals surface area (Å²) in [5.41, 5.74) is 2.07. The quantitative estimate of drug-likeness (QED) is 0.767. The lowest BCUT2D eigenvalue weighted by Gasteiger charge is -2.41. The minimum atomic E-state index is -2.66. The van der Waals surface area contributed by atoms with Crippen molar-refractivity contribution >= 4 is 22.4 Å². The van der Waals surface area contributed by atoms with Gasteiger partial charge in [-0.3, -0.25) is 9.78 Å². The van der Waals surface area contributed by atoms with Gasteiger partial charge in [-0.25, -0.2) is 13.8 Å². The van der Waals surface area contributed by atoms with Crippen molar-refractivity contribution in [2.24, 2.45) is 10.9 Å². The van der Waals surface area contributed by atoms with E-state index in [1.54, 1.807) is 12.4 Å². The van der Waals surface area contributed by atoms with Gasteiger partial charge in [-0.1, -0.05) is 12.6 Å². The van der Waals surface area contributed by atoms with Crippen LogP contribution in [-0.4, -0.2) is 59.3 Å². The molecular formula is C24H27F2N5O. The number of benzene rings is 1. The van der Waals surface area contributed by atoms with Crippen LogP contribution in [-0.2, 0) is 0 Å². The van der Waals surface area contributed by atoms with Crippen molar-refractivity contribution in [3.63, 3.8) is 0 Å². The van der Waals surface area contributed by atoms with Gasteiger partial charge in [0.25, 0.3) is 12.3 Å². The van der Waals surface area contributed by atoms with E-state index < -0.39 is 12.7 Å². The fourth-order valence-electron chi connectivity index (χ4n) is 4.49. The van der Waals surface area contributed by atoms with Crippen LogP contribution in [0.15, 0.2) is 60.1 Å². The number of halogens is 2. The predicted octanol–water partition coefficient (Wildman–Crippen LogP) is 3.95. The van der Waals surface area contributed by atoms with E-state index >= 15 is 0 Å². The van der Waals surface area contributed by atoms with Gasteiger partial charge in [0.2, 0.25) is 0 Å². The van der Waals surface area contributed by atoms with Crippen LogP contribution in [0.3, 0.4) is 0 Å². The minimum absolute atomic E-state index is 0.0412. The maximum absolute atomic E-state index is 13.5. The largest absolute Gasteiger partial charge is 0.354 e. The first kappa shape index (κ1) is 21.9. The molecule has 1 unspecified atom stereocenters. The molecule has 1 fully saturated rings. The molecule has 2 aromatic rings. The Morgan fingerprint density at radius 2 is 2.16 bits per heavy atom. The van der Waals surface area contributed by atoms with Gasteiger partial charge in [0.1, 0.15) is 5.71 Å². The second-order valence-corrected chi connectivity index (χ2v) is 8.26. The summed E-state index contributed by atoms with van der Waals surface area (Å²) >= 11 is 0. The van der Waals surface area contributed by atoms with Crippen molar-refractivity contribution in [3.8, 4) is 0 Å². The van der Waals surface area contributed by atoms with Gasteiger partial charge in [-0.05, 0) is 55.1 Å². The van der Waals surface area contributed by atoms with Crippen LogP contribution in [0.5, 0.6) is 0 Å². The number of hydrogen-bond acceptors (Lipinski definition) is 5. The Bertz CT molecular complexity index is 1100.